The number of carbonyl (C=O) groups excluding carboxylic acids is 2. The number of pyridine rings is 1. The van der Waals surface area contributed by atoms with Crippen LogP contribution >= 0.6 is 0 Å². The fourth-order valence-corrected chi connectivity index (χ4v) is 4.96. The Morgan fingerprint density at radius 3 is 2.62 bits per heavy atom. The predicted octanol–water partition coefficient (Wildman–Crippen LogP) is 4.66. The van der Waals surface area contributed by atoms with E-state index in [4.69, 9.17) is 9.47 Å². The van der Waals surface area contributed by atoms with Gasteiger partial charge in [0.05, 0.1) is 17.9 Å². The summed E-state index contributed by atoms with van der Waals surface area (Å²) in [6, 6.07) is 13.0. The molecule has 0 saturated heterocycles. The van der Waals surface area contributed by atoms with Crippen molar-refractivity contribution in [2.24, 2.45) is 0 Å². The van der Waals surface area contributed by atoms with Gasteiger partial charge in [-0.2, -0.15) is 0 Å². The van der Waals surface area contributed by atoms with Crippen molar-refractivity contribution in [3.05, 3.63) is 87.0 Å². The lowest BCUT2D eigenvalue weighted by Gasteiger charge is -2.48. The lowest BCUT2D eigenvalue weighted by atomic mass is 9.69. The topological polar surface area (TPSA) is 74.6 Å². The first kappa shape index (κ1) is 22.1. The molecule has 0 amide bonds. The SMILES string of the molecule is CCOC(=O)c1cn2c(c(F)c1=O)-c1cc(C=O)c(OCc3ccccc3)cc1CC21CCC1. The third-order valence-corrected chi connectivity index (χ3v) is 6.82. The first-order valence-electron chi connectivity index (χ1n) is 11.4. The van der Waals surface area contributed by atoms with Crippen LogP contribution < -0.4 is 10.2 Å². The molecule has 6 nitrogen and oxygen atoms in total. The van der Waals surface area contributed by atoms with Gasteiger partial charge in [-0.1, -0.05) is 30.3 Å². The highest BCUT2D eigenvalue weighted by Crippen LogP contribution is 2.50. The van der Waals surface area contributed by atoms with E-state index in [9.17, 15) is 14.4 Å². The normalized spacial score (nSPS) is 15.1. The third kappa shape index (κ3) is 3.52. The monoisotopic (exact) mass is 461 g/mol. The lowest BCUT2D eigenvalue weighted by Crippen LogP contribution is -2.47. The molecule has 2 aliphatic rings. The van der Waals surface area contributed by atoms with Gasteiger partial charge in [0.25, 0.3) is 0 Å². The molecular weight excluding hydrogens is 437 g/mol. The first-order valence-corrected chi connectivity index (χ1v) is 11.4. The highest BCUT2D eigenvalue weighted by atomic mass is 19.1. The zero-order chi connectivity index (χ0) is 23.9. The average molecular weight is 461 g/mol. The lowest BCUT2D eigenvalue weighted by molar-refractivity contribution is 0.0520. The van der Waals surface area contributed by atoms with E-state index in [1.807, 2.05) is 30.3 Å². The van der Waals surface area contributed by atoms with Crippen LogP contribution in [-0.4, -0.2) is 23.4 Å². The Morgan fingerprint density at radius 2 is 1.97 bits per heavy atom. The predicted molar refractivity (Wildman–Crippen MR) is 124 cm³/mol. The van der Waals surface area contributed by atoms with E-state index in [-0.39, 0.29) is 23.4 Å². The Balaban J connectivity index is 1.63. The second kappa shape index (κ2) is 8.56. The number of esters is 1. The molecule has 1 aliphatic heterocycles. The van der Waals surface area contributed by atoms with Gasteiger partial charge in [-0.3, -0.25) is 9.59 Å². The maximum Gasteiger partial charge on any atom is 0.343 e. The van der Waals surface area contributed by atoms with Crippen molar-refractivity contribution in [2.75, 3.05) is 6.61 Å². The molecule has 1 fully saturated rings. The maximum absolute atomic E-state index is 15.6. The summed E-state index contributed by atoms with van der Waals surface area (Å²) in [7, 11) is 0. The van der Waals surface area contributed by atoms with Crippen molar-refractivity contribution < 1.29 is 23.5 Å². The smallest absolute Gasteiger partial charge is 0.343 e. The minimum Gasteiger partial charge on any atom is -0.488 e. The Labute approximate surface area is 195 Å². The molecular formula is C27H24FNO5. The molecule has 2 aromatic carbocycles. The van der Waals surface area contributed by atoms with Gasteiger partial charge >= 0.3 is 5.97 Å². The molecule has 0 N–H and O–H groups in total. The largest absolute Gasteiger partial charge is 0.488 e. The number of hydrogen-bond acceptors (Lipinski definition) is 5. The Kier molecular flexibility index (Phi) is 5.55. The minimum absolute atomic E-state index is 0.0874. The molecule has 0 radical (unpaired) electrons. The number of fused-ring (bicyclic) bond motifs is 4. The van der Waals surface area contributed by atoms with Gasteiger partial charge in [-0.05, 0) is 55.9 Å². The summed E-state index contributed by atoms with van der Waals surface area (Å²) in [5, 5.41) is 0. The minimum atomic E-state index is -1.01. The molecule has 174 valence electrons. The number of aldehydes is 1. The van der Waals surface area contributed by atoms with Crippen LogP contribution in [0.25, 0.3) is 11.3 Å². The van der Waals surface area contributed by atoms with Crippen LogP contribution in [0.4, 0.5) is 4.39 Å². The van der Waals surface area contributed by atoms with Gasteiger partial charge in [0.2, 0.25) is 5.43 Å². The number of carbonyl (C=O) groups is 2. The molecule has 1 aliphatic carbocycles. The van der Waals surface area contributed by atoms with Crippen molar-refractivity contribution in [3.63, 3.8) is 0 Å². The van der Waals surface area contributed by atoms with Gasteiger partial charge in [-0.15, -0.1) is 0 Å². The highest BCUT2D eigenvalue weighted by Gasteiger charge is 2.45. The van der Waals surface area contributed by atoms with Crippen LogP contribution in [0.3, 0.4) is 0 Å². The molecule has 0 unspecified atom stereocenters. The van der Waals surface area contributed by atoms with Gasteiger partial charge in [0.1, 0.15) is 17.9 Å². The van der Waals surface area contributed by atoms with E-state index in [1.165, 1.54) is 6.20 Å². The molecule has 5 rings (SSSR count). The molecule has 1 spiro atoms. The fourth-order valence-electron chi connectivity index (χ4n) is 4.96. The van der Waals surface area contributed by atoms with Crippen molar-refractivity contribution in [1.82, 2.24) is 4.57 Å². The molecule has 2 heterocycles. The van der Waals surface area contributed by atoms with E-state index in [0.29, 0.717) is 30.6 Å². The van der Waals surface area contributed by atoms with E-state index in [2.05, 4.69) is 0 Å². The molecule has 1 saturated carbocycles. The van der Waals surface area contributed by atoms with Crippen LogP contribution in [-0.2, 0) is 23.3 Å². The standard InChI is InChI=1S/C27H24FNO5/c1-2-33-26(32)21-14-29-24(23(28)25(21)31)20-11-19(15-30)22(34-16-17-7-4-3-5-8-17)12-18(20)13-27(29)9-6-10-27/h3-5,7-8,11-12,14-15H,2,6,9-10,13,16H2,1H3. The Morgan fingerprint density at radius 1 is 1.21 bits per heavy atom. The summed E-state index contributed by atoms with van der Waals surface area (Å²) in [5.41, 5.74) is 0.885. The number of aromatic nitrogens is 1. The van der Waals surface area contributed by atoms with Gasteiger partial charge in [0, 0.05) is 17.3 Å². The van der Waals surface area contributed by atoms with E-state index in [1.54, 1.807) is 23.6 Å². The number of rotatable bonds is 6. The molecule has 3 aromatic rings. The molecule has 0 atom stereocenters. The molecule has 34 heavy (non-hydrogen) atoms. The summed E-state index contributed by atoms with van der Waals surface area (Å²) in [6.45, 7) is 2.01. The average Bonchev–Trinajstić information content (AvgIpc) is 2.83. The van der Waals surface area contributed by atoms with Crippen molar-refractivity contribution in [3.8, 4) is 17.0 Å². The van der Waals surface area contributed by atoms with Crippen molar-refractivity contribution >= 4 is 12.3 Å². The second-order valence-corrected chi connectivity index (χ2v) is 8.82. The zero-order valence-electron chi connectivity index (χ0n) is 18.8. The Bertz CT molecular complexity index is 1340. The van der Waals surface area contributed by atoms with Crippen LogP contribution in [0.15, 0.2) is 53.5 Å². The Hall–Kier alpha value is -3.74. The zero-order valence-corrected chi connectivity index (χ0v) is 18.8. The summed E-state index contributed by atoms with van der Waals surface area (Å²) >= 11 is 0. The number of ether oxygens (including phenoxy) is 2. The molecule has 1 aromatic heterocycles. The summed E-state index contributed by atoms with van der Waals surface area (Å²) in [4.78, 5) is 37.0. The summed E-state index contributed by atoms with van der Waals surface area (Å²) in [6.07, 6.45) is 5.23. The van der Waals surface area contributed by atoms with Crippen LogP contribution in [0.1, 0.15) is 58.0 Å². The van der Waals surface area contributed by atoms with E-state index in [0.717, 1.165) is 30.4 Å². The number of hydrogen-bond donors (Lipinski definition) is 0. The first-order chi connectivity index (χ1) is 16.5. The summed E-state index contributed by atoms with van der Waals surface area (Å²) in [5.74, 6) is -1.42. The van der Waals surface area contributed by atoms with Crippen molar-refractivity contribution in [2.45, 2.75) is 44.8 Å². The second-order valence-electron chi connectivity index (χ2n) is 8.82. The maximum atomic E-state index is 15.6. The van der Waals surface area contributed by atoms with Crippen LogP contribution in [0.5, 0.6) is 5.75 Å². The summed E-state index contributed by atoms with van der Waals surface area (Å²) < 4.78 is 28.2. The highest BCUT2D eigenvalue weighted by molar-refractivity contribution is 5.90. The molecule has 7 heteroatoms. The van der Waals surface area contributed by atoms with Crippen LogP contribution in [0, 0.1) is 5.82 Å². The van der Waals surface area contributed by atoms with Crippen molar-refractivity contribution in [1.29, 1.82) is 0 Å². The fraction of sp³-hybridized carbons (Fsp3) is 0.296. The van der Waals surface area contributed by atoms with Gasteiger partial charge in [0.15, 0.2) is 12.1 Å². The van der Waals surface area contributed by atoms with E-state index >= 15 is 4.39 Å². The van der Waals surface area contributed by atoms with E-state index < -0.39 is 22.8 Å². The molecule has 0 bridgehead atoms. The number of nitrogens with zero attached hydrogens (tertiary/aromatic N) is 1. The quantitative estimate of drug-likeness (QED) is 0.394. The third-order valence-electron chi connectivity index (χ3n) is 6.82. The number of halogens is 1. The number of benzene rings is 2. The van der Waals surface area contributed by atoms with Crippen LogP contribution in [0.2, 0.25) is 0 Å². The van der Waals surface area contributed by atoms with Gasteiger partial charge < -0.3 is 14.0 Å². The van der Waals surface area contributed by atoms with Gasteiger partial charge in [-0.25, -0.2) is 9.18 Å².